The van der Waals surface area contributed by atoms with Crippen LogP contribution in [-0.4, -0.2) is 51.2 Å². The topological polar surface area (TPSA) is 66.5 Å². The summed E-state index contributed by atoms with van der Waals surface area (Å²) in [7, 11) is -1.33. The Bertz CT molecular complexity index is 651. The zero-order valence-electron chi connectivity index (χ0n) is 15.2. The highest BCUT2D eigenvalue weighted by Gasteiger charge is 2.24. The summed E-state index contributed by atoms with van der Waals surface area (Å²) in [5.41, 5.74) is 0.561. The van der Waals surface area contributed by atoms with Gasteiger partial charge in [0.15, 0.2) is 9.84 Å². The van der Waals surface area contributed by atoms with E-state index >= 15 is 0 Å². The third-order valence-corrected chi connectivity index (χ3v) is 6.93. The van der Waals surface area contributed by atoms with E-state index in [0.717, 1.165) is 38.9 Å². The zero-order valence-corrected chi connectivity index (χ0v) is 16.8. The number of halogens is 1. The molecule has 0 atom stereocenters. The van der Waals surface area contributed by atoms with Gasteiger partial charge >= 0.3 is 0 Å². The molecule has 2 rings (SSSR count). The van der Waals surface area contributed by atoms with Crippen LogP contribution in [0.5, 0.6) is 0 Å². The first kappa shape index (κ1) is 21.9. The van der Waals surface area contributed by atoms with Crippen LogP contribution in [0.3, 0.4) is 0 Å². The fourth-order valence-electron chi connectivity index (χ4n) is 3.02. The number of benzene rings is 1. The van der Waals surface area contributed by atoms with Crippen molar-refractivity contribution in [3.8, 4) is 0 Å². The summed E-state index contributed by atoms with van der Waals surface area (Å²) in [6.07, 6.45) is 3.22. The lowest BCUT2D eigenvalue weighted by atomic mass is 9.93. The molecular formula is C18H29ClN2O3S. The van der Waals surface area contributed by atoms with Crippen LogP contribution in [0, 0.1) is 5.92 Å². The molecule has 1 aliphatic rings. The Labute approximate surface area is 157 Å². The van der Waals surface area contributed by atoms with E-state index in [-0.39, 0.29) is 23.2 Å². The van der Waals surface area contributed by atoms with Gasteiger partial charge in [0, 0.05) is 18.7 Å². The number of amides is 1. The molecule has 0 spiro atoms. The summed E-state index contributed by atoms with van der Waals surface area (Å²) < 4.78 is 24.3. The highest BCUT2D eigenvalue weighted by Crippen LogP contribution is 2.22. The van der Waals surface area contributed by atoms with Crippen molar-refractivity contribution in [3.63, 3.8) is 0 Å². The van der Waals surface area contributed by atoms with Gasteiger partial charge in [0.25, 0.3) is 5.91 Å². The Morgan fingerprint density at radius 2 is 1.76 bits per heavy atom. The first-order chi connectivity index (χ1) is 11.4. The van der Waals surface area contributed by atoms with Crippen molar-refractivity contribution in [2.75, 3.05) is 26.7 Å². The van der Waals surface area contributed by atoms with Crippen LogP contribution in [0.15, 0.2) is 29.2 Å². The molecule has 1 amide bonds. The molecule has 1 aliphatic heterocycles. The molecule has 0 unspecified atom stereocenters. The largest absolute Gasteiger partial charge is 0.339 e. The third-order valence-electron chi connectivity index (χ3n) is 4.75. The monoisotopic (exact) mass is 388 g/mol. The number of nitrogens with zero attached hydrogens (tertiary/aromatic N) is 1. The molecule has 0 saturated carbocycles. The standard InChI is InChI=1S/C18H28N2O3S.ClH/c1-14(2)24(22,23)17-6-4-16(5-7-17)18(21)20-12-9-15(10-13-20)8-11-19-3;/h4-7,14-15,19H,8-13H2,1-3H3;1H. The fraction of sp³-hybridized carbons (Fsp3) is 0.611. The molecule has 142 valence electrons. The van der Waals surface area contributed by atoms with Gasteiger partial charge in [0.05, 0.1) is 10.1 Å². The third kappa shape index (κ3) is 5.43. The first-order valence-corrected chi connectivity index (χ1v) is 10.2. The van der Waals surface area contributed by atoms with Gasteiger partial charge in [-0.2, -0.15) is 0 Å². The number of carbonyl (C=O) groups is 1. The maximum absolute atomic E-state index is 12.6. The maximum atomic E-state index is 12.6. The summed E-state index contributed by atoms with van der Waals surface area (Å²) in [6, 6.07) is 6.35. The van der Waals surface area contributed by atoms with Crippen LogP contribution in [0.4, 0.5) is 0 Å². The molecule has 0 aromatic heterocycles. The second-order valence-electron chi connectivity index (χ2n) is 6.75. The van der Waals surface area contributed by atoms with E-state index in [1.165, 1.54) is 0 Å². The Morgan fingerprint density at radius 3 is 2.24 bits per heavy atom. The summed E-state index contributed by atoms with van der Waals surface area (Å²) in [5.74, 6) is 0.677. The summed E-state index contributed by atoms with van der Waals surface area (Å²) >= 11 is 0. The molecular weight excluding hydrogens is 360 g/mol. The zero-order chi connectivity index (χ0) is 17.7. The maximum Gasteiger partial charge on any atom is 0.253 e. The lowest BCUT2D eigenvalue weighted by Crippen LogP contribution is -2.39. The van der Waals surface area contributed by atoms with E-state index in [9.17, 15) is 13.2 Å². The van der Waals surface area contributed by atoms with E-state index in [1.54, 1.807) is 38.1 Å². The Morgan fingerprint density at radius 1 is 1.20 bits per heavy atom. The number of piperidine rings is 1. The van der Waals surface area contributed by atoms with Gasteiger partial charge in [-0.15, -0.1) is 12.4 Å². The van der Waals surface area contributed by atoms with Gasteiger partial charge < -0.3 is 10.2 Å². The van der Waals surface area contributed by atoms with Crippen molar-refractivity contribution >= 4 is 28.2 Å². The van der Waals surface area contributed by atoms with Gasteiger partial charge in [0.2, 0.25) is 0 Å². The van der Waals surface area contributed by atoms with Crippen LogP contribution in [0.2, 0.25) is 0 Å². The van der Waals surface area contributed by atoms with Crippen molar-refractivity contribution in [1.82, 2.24) is 10.2 Å². The lowest BCUT2D eigenvalue weighted by Gasteiger charge is -2.32. The minimum atomic E-state index is -3.29. The quantitative estimate of drug-likeness (QED) is 0.813. The molecule has 25 heavy (non-hydrogen) atoms. The molecule has 1 aromatic rings. The van der Waals surface area contributed by atoms with Crippen molar-refractivity contribution in [1.29, 1.82) is 0 Å². The minimum Gasteiger partial charge on any atom is -0.339 e. The molecule has 0 radical (unpaired) electrons. The molecule has 0 aliphatic carbocycles. The lowest BCUT2D eigenvalue weighted by molar-refractivity contribution is 0.0687. The number of nitrogens with one attached hydrogen (secondary N) is 1. The average Bonchev–Trinajstić information content (AvgIpc) is 2.59. The number of sulfone groups is 1. The van der Waals surface area contributed by atoms with Crippen LogP contribution < -0.4 is 5.32 Å². The van der Waals surface area contributed by atoms with Gasteiger partial charge in [-0.25, -0.2) is 8.42 Å². The summed E-state index contributed by atoms with van der Waals surface area (Å²) in [6.45, 7) is 5.89. The first-order valence-electron chi connectivity index (χ1n) is 8.64. The van der Waals surface area contributed by atoms with E-state index in [4.69, 9.17) is 0 Å². The van der Waals surface area contributed by atoms with Crippen molar-refractivity contribution in [2.24, 2.45) is 5.92 Å². The van der Waals surface area contributed by atoms with Gasteiger partial charge in [-0.3, -0.25) is 4.79 Å². The fourth-order valence-corrected chi connectivity index (χ4v) is 4.07. The molecule has 1 N–H and O–H groups in total. The second-order valence-corrected chi connectivity index (χ2v) is 9.25. The predicted molar refractivity (Wildman–Crippen MR) is 103 cm³/mol. The van der Waals surface area contributed by atoms with Crippen LogP contribution in [0.25, 0.3) is 0 Å². The summed E-state index contributed by atoms with van der Waals surface area (Å²) in [4.78, 5) is 14.7. The molecule has 1 fully saturated rings. The SMILES string of the molecule is CNCCC1CCN(C(=O)c2ccc(S(=O)(=O)C(C)C)cc2)CC1.Cl. The Kier molecular flexibility index (Phi) is 8.38. The molecule has 7 heteroatoms. The number of hydrogen-bond donors (Lipinski definition) is 1. The molecule has 0 bridgehead atoms. The predicted octanol–water partition coefficient (Wildman–Crippen LogP) is 2.75. The Balaban J connectivity index is 0.00000312. The highest BCUT2D eigenvalue weighted by molar-refractivity contribution is 7.92. The number of rotatable bonds is 6. The molecule has 1 aromatic carbocycles. The Hall–Kier alpha value is -1.11. The van der Waals surface area contributed by atoms with E-state index < -0.39 is 15.1 Å². The molecule has 5 nitrogen and oxygen atoms in total. The van der Waals surface area contributed by atoms with E-state index in [0.29, 0.717) is 11.5 Å². The van der Waals surface area contributed by atoms with Gasteiger partial charge in [-0.1, -0.05) is 0 Å². The van der Waals surface area contributed by atoms with Crippen molar-refractivity contribution in [2.45, 2.75) is 43.3 Å². The highest BCUT2D eigenvalue weighted by atomic mass is 35.5. The van der Waals surface area contributed by atoms with Crippen LogP contribution in [0.1, 0.15) is 43.5 Å². The molecule has 1 saturated heterocycles. The second kappa shape index (κ2) is 9.55. The van der Waals surface area contributed by atoms with E-state index in [1.807, 2.05) is 11.9 Å². The van der Waals surface area contributed by atoms with Crippen molar-refractivity contribution < 1.29 is 13.2 Å². The smallest absolute Gasteiger partial charge is 0.253 e. The normalized spacial score (nSPS) is 15.9. The number of hydrogen-bond acceptors (Lipinski definition) is 4. The molecule has 1 heterocycles. The van der Waals surface area contributed by atoms with E-state index in [2.05, 4.69) is 5.32 Å². The summed E-state index contributed by atoms with van der Waals surface area (Å²) in [5, 5.41) is 2.71. The van der Waals surface area contributed by atoms with Crippen molar-refractivity contribution in [3.05, 3.63) is 29.8 Å². The number of likely N-dealkylation sites (tertiary alicyclic amines) is 1. The van der Waals surface area contributed by atoms with Gasteiger partial charge in [-0.05, 0) is 76.9 Å². The van der Waals surface area contributed by atoms with Gasteiger partial charge in [0.1, 0.15) is 0 Å². The number of carbonyl (C=O) groups excluding carboxylic acids is 1. The average molecular weight is 389 g/mol. The van der Waals surface area contributed by atoms with Crippen LogP contribution in [-0.2, 0) is 9.84 Å². The minimum absolute atomic E-state index is 0. The van der Waals surface area contributed by atoms with Crippen LogP contribution >= 0.6 is 12.4 Å².